The minimum absolute atomic E-state index is 0.0645. The van der Waals surface area contributed by atoms with Crippen LogP contribution in [-0.2, 0) is 24.8 Å². The summed E-state index contributed by atoms with van der Waals surface area (Å²) < 4.78 is 71.2. The molecule has 0 spiro atoms. The average Bonchev–Trinajstić information content (AvgIpc) is 3.55. The summed E-state index contributed by atoms with van der Waals surface area (Å²) in [6.45, 7) is 0.780. The van der Waals surface area contributed by atoms with Crippen molar-refractivity contribution in [2.75, 3.05) is 51.3 Å². The van der Waals surface area contributed by atoms with Gasteiger partial charge in [-0.1, -0.05) is 18.2 Å². The third kappa shape index (κ3) is 7.10. The van der Waals surface area contributed by atoms with E-state index >= 15 is 0 Å². The number of methoxy groups -OCH3 is 2. The van der Waals surface area contributed by atoms with Crippen molar-refractivity contribution in [2.24, 2.45) is 0 Å². The van der Waals surface area contributed by atoms with Gasteiger partial charge in [-0.25, -0.2) is 16.8 Å². The Kier molecular flexibility index (Phi) is 9.73. The van der Waals surface area contributed by atoms with Gasteiger partial charge in [0.2, 0.25) is 15.9 Å². The van der Waals surface area contributed by atoms with E-state index in [4.69, 9.17) is 14.2 Å². The molecule has 0 aromatic heterocycles. The van der Waals surface area contributed by atoms with Crippen LogP contribution < -0.4 is 23.8 Å². The molecule has 4 rings (SSSR count). The van der Waals surface area contributed by atoms with Crippen LogP contribution in [0.2, 0.25) is 0 Å². The van der Waals surface area contributed by atoms with Crippen molar-refractivity contribution in [3.63, 3.8) is 0 Å². The molecule has 0 bridgehead atoms. The van der Waals surface area contributed by atoms with E-state index in [1.165, 1.54) is 48.9 Å². The number of amides is 1. The smallest absolute Gasteiger partial charge is 0.264 e. The number of nitrogens with zero attached hydrogens (tertiary/aromatic N) is 2. The molecule has 0 unspecified atom stereocenters. The minimum Gasteiger partial charge on any atom is -0.493 e. The lowest BCUT2D eigenvalue weighted by atomic mass is 10.3. The normalized spacial score (nSPS) is 13.9. The van der Waals surface area contributed by atoms with Crippen LogP contribution in [0.1, 0.15) is 12.8 Å². The molecule has 0 aliphatic carbocycles. The molecule has 11 nitrogen and oxygen atoms in total. The first-order chi connectivity index (χ1) is 19.7. The Morgan fingerprint density at radius 2 is 1.49 bits per heavy atom. The molecule has 41 heavy (non-hydrogen) atoms. The lowest BCUT2D eigenvalue weighted by Crippen LogP contribution is -2.41. The maximum absolute atomic E-state index is 13.6. The van der Waals surface area contributed by atoms with Crippen LogP contribution in [0.15, 0.2) is 82.6 Å². The number of anilines is 1. The van der Waals surface area contributed by atoms with Crippen molar-refractivity contribution in [3.8, 4) is 17.2 Å². The lowest BCUT2D eigenvalue weighted by Gasteiger charge is -2.24. The number of hydrogen-bond donors (Lipinski definition) is 1. The number of ether oxygens (including phenoxy) is 3. The Balaban J connectivity index is 1.38. The van der Waals surface area contributed by atoms with Gasteiger partial charge in [-0.15, -0.1) is 0 Å². The van der Waals surface area contributed by atoms with Crippen LogP contribution in [0.25, 0.3) is 0 Å². The molecule has 0 radical (unpaired) electrons. The van der Waals surface area contributed by atoms with Crippen LogP contribution in [-0.4, -0.2) is 74.1 Å². The van der Waals surface area contributed by atoms with Gasteiger partial charge >= 0.3 is 0 Å². The van der Waals surface area contributed by atoms with Crippen LogP contribution in [0.3, 0.4) is 0 Å². The highest BCUT2D eigenvalue weighted by Gasteiger charge is 2.29. The number of benzene rings is 3. The second-order valence-corrected chi connectivity index (χ2v) is 12.9. The van der Waals surface area contributed by atoms with E-state index in [2.05, 4.69) is 5.32 Å². The summed E-state index contributed by atoms with van der Waals surface area (Å²) in [6.07, 6.45) is 1.72. The zero-order chi connectivity index (χ0) is 29.5. The largest absolute Gasteiger partial charge is 0.493 e. The molecular weight excluding hydrogens is 570 g/mol. The summed E-state index contributed by atoms with van der Waals surface area (Å²) in [5, 5.41) is 2.67. The van der Waals surface area contributed by atoms with Crippen molar-refractivity contribution < 1.29 is 35.8 Å². The summed E-state index contributed by atoms with van der Waals surface area (Å²) in [6, 6.07) is 18.7. The number of sulfonamides is 2. The Bertz CT molecular complexity index is 1540. The molecule has 0 atom stereocenters. The van der Waals surface area contributed by atoms with Gasteiger partial charge in [0, 0.05) is 19.2 Å². The molecule has 3 aromatic carbocycles. The fourth-order valence-corrected chi connectivity index (χ4v) is 7.30. The standard InChI is InChI=1S/C28H33N3O8S2/c1-37-26-15-14-25(20-27(26)38-2)41(35,36)31(22-8-4-3-5-9-22)21-28(32)29-16-19-39-23-10-12-24(13-11-23)40(33,34)30-17-6-7-18-30/h3-5,8-15,20H,6-7,16-19,21H2,1-2H3,(H,29,32). The van der Waals surface area contributed by atoms with E-state index in [-0.39, 0.29) is 28.7 Å². The first-order valence-electron chi connectivity index (χ1n) is 13.0. The van der Waals surface area contributed by atoms with Crippen LogP contribution in [0.4, 0.5) is 5.69 Å². The van der Waals surface area contributed by atoms with Crippen LogP contribution in [0, 0.1) is 0 Å². The lowest BCUT2D eigenvalue weighted by molar-refractivity contribution is -0.119. The minimum atomic E-state index is -4.15. The van der Waals surface area contributed by atoms with Gasteiger partial charge in [-0.05, 0) is 61.4 Å². The van der Waals surface area contributed by atoms with Crippen molar-refractivity contribution in [2.45, 2.75) is 22.6 Å². The summed E-state index contributed by atoms with van der Waals surface area (Å²) in [4.78, 5) is 13.0. The van der Waals surface area contributed by atoms with Crippen LogP contribution >= 0.6 is 0 Å². The fraction of sp³-hybridized carbons (Fsp3) is 0.321. The van der Waals surface area contributed by atoms with Gasteiger partial charge in [0.1, 0.15) is 18.9 Å². The maximum Gasteiger partial charge on any atom is 0.264 e. The zero-order valence-electron chi connectivity index (χ0n) is 22.9. The third-order valence-electron chi connectivity index (χ3n) is 6.49. The predicted molar refractivity (Wildman–Crippen MR) is 153 cm³/mol. The highest BCUT2D eigenvalue weighted by Crippen LogP contribution is 2.32. The third-order valence-corrected chi connectivity index (χ3v) is 10.2. The Hall–Kier alpha value is -3.81. The Labute approximate surface area is 240 Å². The second kappa shape index (κ2) is 13.2. The topological polar surface area (TPSA) is 132 Å². The summed E-state index contributed by atoms with van der Waals surface area (Å²) in [5.74, 6) is 0.526. The number of carbonyl (C=O) groups is 1. The summed E-state index contributed by atoms with van der Waals surface area (Å²) in [7, 11) is -4.81. The molecule has 1 aliphatic heterocycles. The monoisotopic (exact) mass is 603 g/mol. The SMILES string of the molecule is COc1ccc(S(=O)(=O)N(CC(=O)NCCOc2ccc(S(=O)(=O)N3CCCC3)cc2)c2ccccc2)cc1OC. The van der Waals surface area contributed by atoms with E-state index in [1.807, 2.05) is 0 Å². The molecule has 13 heteroatoms. The quantitative estimate of drug-likeness (QED) is 0.295. The molecule has 1 saturated heterocycles. The van der Waals surface area contributed by atoms with E-state index in [1.54, 1.807) is 42.5 Å². The van der Waals surface area contributed by atoms with Crippen molar-refractivity contribution in [1.82, 2.24) is 9.62 Å². The van der Waals surface area contributed by atoms with Crippen LogP contribution in [0.5, 0.6) is 17.2 Å². The fourth-order valence-electron chi connectivity index (χ4n) is 4.34. The van der Waals surface area contributed by atoms with Gasteiger partial charge in [0.25, 0.3) is 10.0 Å². The maximum atomic E-state index is 13.6. The molecule has 3 aromatic rings. The molecule has 1 heterocycles. The van der Waals surface area contributed by atoms with E-state index in [9.17, 15) is 21.6 Å². The number of para-hydroxylation sites is 1. The number of nitrogens with one attached hydrogen (secondary N) is 1. The van der Waals surface area contributed by atoms with Gasteiger partial charge in [-0.2, -0.15) is 4.31 Å². The van der Waals surface area contributed by atoms with Gasteiger partial charge < -0.3 is 19.5 Å². The van der Waals surface area contributed by atoms with Crippen molar-refractivity contribution in [1.29, 1.82) is 0 Å². The van der Waals surface area contributed by atoms with Gasteiger partial charge in [-0.3, -0.25) is 9.10 Å². The molecule has 1 fully saturated rings. The second-order valence-electron chi connectivity index (χ2n) is 9.15. The zero-order valence-corrected chi connectivity index (χ0v) is 24.5. The molecular formula is C28H33N3O8S2. The average molecular weight is 604 g/mol. The van der Waals surface area contributed by atoms with Gasteiger partial charge in [0.15, 0.2) is 11.5 Å². The van der Waals surface area contributed by atoms with E-state index < -0.39 is 32.5 Å². The van der Waals surface area contributed by atoms with E-state index in [0.29, 0.717) is 30.3 Å². The first kappa shape index (κ1) is 30.2. The number of rotatable bonds is 13. The molecule has 220 valence electrons. The van der Waals surface area contributed by atoms with Crippen molar-refractivity contribution in [3.05, 3.63) is 72.8 Å². The predicted octanol–water partition coefficient (Wildman–Crippen LogP) is 2.88. The number of hydrogen-bond acceptors (Lipinski definition) is 8. The van der Waals surface area contributed by atoms with Crippen molar-refractivity contribution >= 4 is 31.6 Å². The molecule has 1 N–H and O–H groups in total. The first-order valence-corrected chi connectivity index (χ1v) is 15.8. The number of carbonyl (C=O) groups excluding carboxylic acids is 1. The Morgan fingerprint density at radius 1 is 0.854 bits per heavy atom. The van der Waals surface area contributed by atoms with E-state index in [0.717, 1.165) is 17.1 Å². The summed E-state index contributed by atoms with van der Waals surface area (Å²) >= 11 is 0. The molecule has 1 amide bonds. The Morgan fingerprint density at radius 3 is 2.12 bits per heavy atom. The highest BCUT2D eigenvalue weighted by molar-refractivity contribution is 7.92. The summed E-state index contributed by atoms with van der Waals surface area (Å²) in [5.41, 5.74) is 0.317. The molecule has 0 saturated carbocycles. The highest BCUT2D eigenvalue weighted by atomic mass is 32.2. The molecule has 1 aliphatic rings. The van der Waals surface area contributed by atoms with Gasteiger partial charge in [0.05, 0.1) is 36.2 Å².